The van der Waals surface area contributed by atoms with Gasteiger partial charge in [0, 0.05) is 114 Å². The molecule has 14 aromatic heterocycles. The lowest BCUT2D eigenvalue weighted by Gasteiger charge is -2.22. The maximum Gasteiger partial charge on any atom is 0.262 e. The first-order valence-corrected chi connectivity index (χ1v) is 51.3. The number of fused-ring (bicyclic) bond motifs is 6. The Morgan fingerprint density at radius 2 is 0.690 bits per heavy atom. The zero-order chi connectivity index (χ0) is 99.5. The molecule has 4 aliphatic carbocycles. The summed E-state index contributed by atoms with van der Waals surface area (Å²) in [6, 6.07) is 36.8. The van der Waals surface area contributed by atoms with Gasteiger partial charge in [0.15, 0.2) is 33.9 Å². The summed E-state index contributed by atoms with van der Waals surface area (Å²) in [6.07, 6.45) is 46.1. The van der Waals surface area contributed by atoms with Crippen LogP contribution in [0.2, 0.25) is 0 Å². The van der Waals surface area contributed by atoms with Gasteiger partial charge in [-0.15, -0.1) is 0 Å². The number of benzene rings is 3. The highest BCUT2D eigenvalue weighted by Crippen LogP contribution is 2.36. The van der Waals surface area contributed by atoms with E-state index in [0.29, 0.717) is 176 Å². The molecule has 1 unspecified atom stereocenters. The third-order valence-corrected chi connectivity index (χ3v) is 28.6. The topological polar surface area (TPSA) is 477 Å². The average molecular weight is 1960 g/mol. The summed E-state index contributed by atoms with van der Waals surface area (Å²) in [6.45, 7) is 8.68. The fourth-order valence-electron chi connectivity index (χ4n) is 20.6. The van der Waals surface area contributed by atoms with Crippen LogP contribution in [0, 0.1) is 17.2 Å². The van der Waals surface area contributed by atoms with E-state index in [1.54, 1.807) is 68.9 Å². The molecule has 24 rings (SSSR count). The van der Waals surface area contributed by atoms with Gasteiger partial charge in [0.2, 0.25) is 0 Å². The molecule has 38 heteroatoms. The van der Waals surface area contributed by atoms with Gasteiger partial charge in [0.25, 0.3) is 33.4 Å². The van der Waals surface area contributed by atoms with Crippen molar-refractivity contribution in [2.24, 2.45) is 5.92 Å². The summed E-state index contributed by atoms with van der Waals surface area (Å²) in [7, 11) is 1.65. The van der Waals surface area contributed by atoms with Crippen molar-refractivity contribution < 1.29 is 23.7 Å². The molecule has 0 bridgehead atoms. The molecule has 0 radical (unpaired) electrons. The maximum absolute atomic E-state index is 12.6. The molecule has 3 aliphatic heterocycles. The number of pyridine rings is 2. The van der Waals surface area contributed by atoms with E-state index in [2.05, 4.69) is 110 Å². The van der Waals surface area contributed by atoms with E-state index in [4.69, 9.17) is 33.7 Å². The van der Waals surface area contributed by atoms with Crippen molar-refractivity contribution in [1.82, 2.24) is 128 Å². The van der Waals surface area contributed by atoms with E-state index >= 15 is 0 Å². The lowest BCUT2D eigenvalue weighted by Crippen LogP contribution is -2.22. The minimum absolute atomic E-state index is 0.0865. The SMILES string of the molecule is CCC(C)Cc1nc2c(cnn2C2CCOCC2)c(=O)[nH]1.COc1ccccc1Cc1nc2c(cnn2C2CCCCC2)c(=O)[nH]1.N#Cc1ccccc1Cc1nc2c(cnn2C2CCCCC2)c(=O)[nH]1.O=c1[nH]c(Cc2ccccc2OC2CCCC2)nc2c1cnn2C1CCOCC1.O=c1[nH]c(Cc2ccccn2)nc2c1cnn2C1CCCC1.O=c1[nH]c(Cc2cccnc2)nc2c1cnn2C1CCOCC1. The van der Waals surface area contributed by atoms with Gasteiger partial charge in [-0.05, 0) is 156 Å². The van der Waals surface area contributed by atoms with Crippen LogP contribution in [0.3, 0.4) is 0 Å². The Morgan fingerprint density at radius 3 is 1.07 bits per heavy atom. The van der Waals surface area contributed by atoms with Gasteiger partial charge < -0.3 is 53.6 Å². The second-order valence-corrected chi connectivity index (χ2v) is 38.6. The van der Waals surface area contributed by atoms with E-state index < -0.39 is 0 Å². The summed E-state index contributed by atoms with van der Waals surface area (Å²) in [5.74, 6) is 6.06. The van der Waals surface area contributed by atoms with E-state index in [9.17, 15) is 34.0 Å². The molecule has 1 atom stereocenters. The smallest absolute Gasteiger partial charge is 0.262 e. The molecule has 752 valence electrons. The van der Waals surface area contributed by atoms with Crippen molar-refractivity contribution in [2.75, 3.05) is 46.8 Å². The molecule has 7 aliphatic rings. The van der Waals surface area contributed by atoms with Crippen molar-refractivity contribution in [3.63, 3.8) is 0 Å². The van der Waals surface area contributed by atoms with Crippen LogP contribution < -0.4 is 42.8 Å². The Kier molecular flexibility index (Phi) is 32.1. The fraction of sp³-hybridized carbons (Fsp3) is 0.449. The molecule has 38 nitrogen and oxygen atoms in total. The molecular formula is C107H123N27O11. The van der Waals surface area contributed by atoms with Gasteiger partial charge in [0.05, 0.1) is 98.3 Å². The minimum atomic E-state index is -0.170. The maximum atomic E-state index is 12.6. The summed E-state index contributed by atoms with van der Waals surface area (Å²) in [5.41, 5.74) is 8.66. The number of para-hydroxylation sites is 2. The molecule has 4 saturated carbocycles. The number of nitriles is 1. The Labute approximate surface area is 834 Å². The lowest BCUT2D eigenvalue weighted by molar-refractivity contribution is 0.0672. The van der Waals surface area contributed by atoms with Gasteiger partial charge in [-0.25, -0.2) is 58.0 Å². The Morgan fingerprint density at radius 1 is 0.359 bits per heavy atom. The zero-order valence-corrected chi connectivity index (χ0v) is 82.2. The second kappa shape index (κ2) is 47.0. The average Bonchev–Trinajstić information content (AvgIpc) is 1.33. The van der Waals surface area contributed by atoms with Crippen molar-refractivity contribution in [1.29, 1.82) is 5.26 Å². The van der Waals surface area contributed by atoms with Gasteiger partial charge in [-0.2, -0.15) is 35.9 Å². The normalized spacial score (nSPS) is 16.6. The largest absolute Gasteiger partial charge is 0.496 e. The molecule has 17 aromatic rings. The quantitative estimate of drug-likeness (QED) is 0.0367. The highest BCUT2D eigenvalue weighted by Gasteiger charge is 2.30. The predicted molar refractivity (Wildman–Crippen MR) is 547 cm³/mol. The van der Waals surface area contributed by atoms with Crippen LogP contribution in [0.5, 0.6) is 11.5 Å². The van der Waals surface area contributed by atoms with Crippen molar-refractivity contribution in [3.8, 4) is 17.6 Å². The first-order chi connectivity index (χ1) is 71.1. The van der Waals surface area contributed by atoms with Crippen molar-refractivity contribution in [3.05, 3.63) is 289 Å². The molecule has 3 saturated heterocycles. The van der Waals surface area contributed by atoms with E-state index in [-0.39, 0.29) is 51.5 Å². The zero-order valence-electron chi connectivity index (χ0n) is 82.2. The lowest BCUT2D eigenvalue weighted by atomic mass is 9.96. The molecule has 7 fully saturated rings. The van der Waals surface area contributed by atoms with Crippen LogP contribution in [0.15, 0.2) is 188 Å². The van der Waals surface area contributed by atoms with Gasteiger partial charge in [-0.1, -0.05) is 138 Å². The molecule has 0 spiro atoms. The Balaban J connectivity index is 0.000000110. The molecule has 0 amide bonds. The monoisotopic (exact) mass is 1960 g/mol. The van der Waals surface area contributed by atoms with Crippen LogP contribution in [0.1, 0.15) is 279 Å². The standard InChI is InChI=1S/C22H26N4O3.C19H19N5O.C19H22N4O2.C16H17N5O2.C16H17N5O.C15H22N4O2/c27-22-18-14-23-26(16-9-11-28-12-10-16)21(18)24-20(25-22)13-15-5-1-4-8-19(15)29-17-6-2-3-7-17;20-11-14-7-5-4-6-13(14)10-17-22-18-16(19(25)23-17)12-21-24(18)15-8-2-1-3-9-15;1-25-16-10-6-5-7-13(16)11-17-21-18-15(19(24)22-17)12-20-23(18)14-8-3-2-4-9-14;22-16-13-10-18-21(12-3-6-23-7-4-12)15(13)19-14(20-16)8-11-2-1-5-17-9-11;22-16-13-10-18-21(12-6-1-2-7-12)15(13)19-14(20-16)9-11-5-3-4-8-17-11;1-3-10(2)8-13-17-14-12(15(20)18-13)9-16-19(14)11-4-6-21-7-5-11/h1,4-5,8,14,16-17H,2-3,6-7,9-13H2,(H,24,25,27);4-7,12,15H,1-3,8-10H2,(H,22,23,25);5-7,10,12,14H,2-4,8-9,11H2,1H3,(H,21,22,24);1-2,5,9-10,12H,3-4,6-8H2,(H,19,20,22);3-5,8,10,12H,1-2,6-7,9H2,(H,19,20,22);9-11H,3-8H2,1-2H3,(H,17,18,20). The third kappa shape index (κ3) is 23.8. The number of aromatic amines is 6. The Hall–Kier alpha value is -15.0. The van der Waals surface area contributed by atoms with Crippen LogP contribution in [0.4, 0.5) is 0 Å². The predicted octanol–water partition coefficient (Wildman–Crippen LogP) is 15.4. The summed E-state index contributed by atoms with van der Waals surface area (Å²) in [5, 5.41) is 39.1. The third-order valence-electron chi connectivity index (χ3n) is 28.6. The number of hydrogen-bond acceptors (Lipinski definition) is 26. The van der Waals surface area contributed by atoms with Gasteiger partial charge in [0.1, 0.15) is 78.8 Å². The molecule has 17 heterocycles. The summed E-state index contributed by atoms with van der Waals surface area (Å²) in [4.78, 5) is 128. The number of nitrogens with zero attached hydrogens (tertiary/aromatic N) is 21. The van der Waals surface area contributed by atoms with Gasteiger partial charge >= 0.3 is 0 Å². The summed E-state index contributed by atoms with van der Waals surface area (Å²) < 4.78 is 39.4. The molecule has 145 heavy (non-hydrogen) atoms. The van der Waals surface area contributed by atoms with E-state index in [0.717, 1.165) is 174 Å². The first kappa shape index (κ1) is 98.8. The van der Waals surface area contributed by atoms with E-state index in [1.807, 2.05) is 125 Å². The van der Waals surface area contributed by atoms with Crippen LogP contribution in [-0.2, 0) is 52.7 Å². The number of ether oxygens (including phenoxy) is 5. The number of H-pyrrole nitrogens is 6. The van der Waals surface area contributed by atoms with Crippen molar-refractivity contribution >= 4 is 66.2 Å². The highest BCUT2D eigenvalue weighted by atomic mass is 16.5. The van der Waals surface area contributed by atoms with E-state index in [1.165, 1.54) is 64.2 Å². The number of hydrogen-bond donors (Lipinski definition) is 6. The number of aromatic nitrogens is 26. The Bertz CT molecular complexity index is 7690. The molecule has 3 aromatic carbocycles. The molecule has 6 N–H and O–H groups in total. The van der Waals surface area contributed by atoms with Gasteiger partial charge in [-0.3, -0.25) is 38.7 Å². The molecular weight excluding hydrogens is 1840 g/mol. The summed E-state index contributed by atoms with van der Waals surface area (Å²) >= 11 is 0. The highest BCUT2D eigenvalue weighted by molar-refractivity contribution is 5.77. The van der Waals surface area contributed by atoms with Crippen LogP contribution in [0.25, 0.3) is 66.2 Å². The number of methoxy groups -OCH3 is 1. The fourth-order valence-corrected chi connectivity index (χ4v) is 20.6. The second-order valence-electron chi connectivity index (χ2n) is 38.6. The van der Waals surface area contributed by atoms with Crippen molar-refractivity contribution in [2.45, 2.75) is 255 Å². The number of nitrogens with one attached hydrogen (secondary N) is 6. The van der Waals surface area contributed by atoms with Crippen LogP contribution in [-0.4, -0.2) is 181 Å². The first-order valence-electron chi connectivity index (χ1n) is 51.3. The number of rotatable bonds is 22. The minimum Gasteiger partial charge on any atom is -0.496 e. The van der Waals surface area contributed by atoms with Crippen LogP contribution >= 0.6 is 0 Å².